The standard InChI is InChI=1S/C30H35ClFN7O4/c1-16-19(31)11-20-18(12-34-38-20)22(16)25-24(32)26-23(28(35-25)41-2)27(39-9-10-42-14-17(40)13-39)37-29(36-26)43-15-30-6-3-5-21(30)33-8-4-7-30/h11-12,17,21,33,40H,3-10,13-15H2,1-2H3,(H,34,38). The number of hydrogen-bond donors (Lipinski definition) is 3. The van der Waals surface area contributed by atoms with Crippen LogP contribution < -0.4 is 19.7 Å². The van der Waals surface area contributed by atoms with E-state index in [0.29, 0.717) is 64.1 Å². The summed E-state index contributed by atoms with van der Waals surface area (Å²) in [5.41, 5.74) is 1.85. The van der Waals surface area contributed by atoms with Gasteiger partial charge < -0.3 is 29.5 Å². The molecule has 0 amide bonds. The molecule has 1 aromatic carbocycles. The van der Waals surface area contributed by atoms with Gasteiger partial charge in [0.25, 0.3) is 0 Å². The fourth-order valence-corrected chi connectivity index (χ4v) is 7.29. The highest BCUT2D eigenvalue weighted by Crippen LogP contribution is 2.45. The molecule has 2 aliphatic heterocycles. The van der Waals surface area contributed by atoms with Crippen LogP contribution in [-0.4, -0.2) is 89.0 Å². The number of H-pyrrole nitrogens is 1. The third-order valence-corrected chi connectivity index (χ3v) is 9.66. The van der Waals surface area contributed by atoms with E-state index in [4.69, 9.17) is 30.8 Å². The molecule has 3 unspecified atom stereocenters. The first-order valence-electron chi connectivity index (χ1n) is 14.8. The molecule has 1 saturated carbocycles. The zero-order chi connectivity index (χ0) is 29.7. The van der Waals surface area contributed by atoms with Crippen LogP contribution in [0, 0.1) is 18.2 Å². The molecule has 3 N–H and O–H groups in total. The number of benzene rings is 1. The number of aliphatic hydroxyl groups excluding tert-OH is 1. The van der Waals surface area contributed by atoms with Crippen LogP contribution in [0.2, 0.25) is 5.02 Å². The number of β-amino-alcohol motifs (C(OH)–C–C–N with tert-alkyl or cyclic N) is 1. The number of methoxy groups -OCH3 is 1. The van der Waals surface area contributed by atoms with E-state index in [1.165, 1.54) is 7.11 Å². The summed E-state index contributed by atoms with van der Waals surface area (Å²) in [6.45, 7) is 4.48. The van der Waals surface area contributed by atoms with E-state index in [-0.39, 0.29) is 41.7 Å². The number of aliphatic hydroxyl groups is 1. The van der Waals surface area contributed by atoms with Crippen LogP contribution in [0.15, 0.2) is 12.3 Å². The Morgan fingerprint density at radius 1 is 1.26 bits per heavy atom. The highest BCUT2D eigenvalue weighted by atomic mass is 35.5. The number of aromatic nitrogens is 5. The minimum absolute atomic E-state index is 0.00615. The number of hydrogen-bond acceptors (Lipinski definition) is 10. The van der Waals surface area contributed by atoms with Crippen molar-refractivity contribution in [3.63, 3.8) is 0 Å². The number of piperidine rings is 1. The largest absolute Gasteiger partial charge is 0.480 e. The number of pyridine rings is 1. The van der Waals surface area contributed by atoms with Crippen molar-refractivity contribution < 1.29 is 23.7 Å². The normalized spacial score (nSPS) is 24.3. The van der Waals surface area contributed by atoms with Crippen LogP contribution in [0.4, 0.5) is 10.2 Å². The van der Waals surface area contributed by atoms with E-state index in [2.05, 4.69) is 25.5 Å². The van der Waals surface area contributed by atoms with Crippen molar-refractivity contribution in [2.24, 2.45) is 5.41 Å². The van der Waals surface area contributed by atoms with Crippen LogP contribution in [0.3, 0.4) is 0 Å². The number of rotatable bonds is 6. The molecule has 3 aliphatic rings. The van der Waals surface area contributed by atoms with Crippen molar-refractivity contribution in [1.82, 2.24) is 30.5 Å². The van der Waals surface area contributed by atoms with Crippen LogP contribution in [0.25, 0.3) is 33.1 Å². The molecule has 2 saturated heterocycles. The fraction of sp³-hybridized carbons (Fsp3) is 0.533. The van der Waals surface area contributed by atoms with Gasteiger partial charge in [-0.1, -0.05) is 18.0 Å². The number of nitrogens with zero attached hydrogens (tertiary/aromatic N) is 5. The maximum absolute atomic E-state index is 16.9. The molecule has 3 aromatic heterocycles. The molecule has 11 nitrogen and oxygen atoms in total. The third-order valence-electron chi connectivity index (χ3n) is 9.27. The molecular formula is C30H35ClFN7O4. The summed E-state index contributed by atoms with van der Waals surface area (Å²) >= 11 is 6.56. The molecule has 3 atom stereocenters. The predicted octanol–water partition coefficient (Wildman–Crippen LogP) is 4.18. The molecule has 3 fully saturated rings. The van der Waals surface area contributed by atoms with Crippen LogP contribution >= 0.6 is 11.6 Å². The molecule has 0 bridgehead atoms. The monoisotopic (exact) mass is 611 g/mol. The second-order valence-electron chi connectivity index (χ2n) is 11.9. The summed E-state index contributed by atoms with van der Waals surface area (Å²) in [5.74, 6) is -0.132. The van der Waals surface area contributed by atoms with Crippen molar-refractivity contribution in [2.45, 2.75) is 51.2 Å². The highest BCUT2D eigenvalue weighted by molar-refractivity contribution is 6.33. The lowest BCUT2D eigenvalue weighted by Gasteiger charge is -2.39. The molecular weight excluding hydrogens is 577 g/mol. The first-order chi connectivity index (χ1) is 20.9. The third kappa shape index (κ3) is 4.94. The second kappa shape index (κ2) is 11.3. The van der Waals surface area contributed by atoms with E-state index in [1.54, 1.807) is 12.3 Å². The molecule has 1 aliphatic carbocycles. The van der Waals surface area contributed by atoms with Gasteiger partial charge in [0, 0.05) is 40.5 Å². The molecule has 228 valence electrons. The topological polar surface area (TPSA) is 131 Å². The number of fused-ring (bicyclic) bond motifs is 3. The summed E-state index contributed by atoms with van der Waals surface area (Å²) in [4.78, 5) is 16.0. The van der Waals surface area contributed by atoms with Crippen LogP contribution in [-0.2, 0) is 4.74 Å². The summed E-state index contributed by atoms with van der Waals surface area (Å²) < 4.78 is 34.6. The van der Waals surface area contributed by atoms with Crippen molar-refractivity contribution in [1.29, 1.82) is 0 Å². The van der Waals surface area contributed by atoms with Gasteiger partial charge in [0.2, 0.25) is 5.88 Å². The molecule has 7 rings (SSSR count). The number of nitrogens with one attached hydrogen (secondary N) is 2. The number of halogens is 2. The fourth-order valence-electron chi connectivity index (χ4n) is 7.09. The van der Waals surface area contributed by atoms with Gasteiger partial charge in [-0.15, -0.1) is 0 Å². The Morgan fingerprint density at radius 3 is 2.98 bits per heavy atom. The first kappa shape index (κ1) is 28.5. The van der Waals surface area contributed by atoms with Gasteiger partial charge in [0.05, 0.1) is 44.7 Å². The van der Waals surface area contributed by atoms with Crippen LogP contribution in [0.1, 0.15) is 37.7 Å². The van der Waals surface area contributed by atoms with Gasteiger partial charge in [-0.05, 0) is 50.8 Å². The number of aromatic amines is 1. The van der Waals surface area contributed by atoms with E-state index in [1.807, 2.05) is 11.8 Å². The minimum Gasteiger partial charge on any atom is -0.480 e. The average Bonchev–Trinajstić information content (AvgIpc) is 3.60. The summed E-state index contributed by atoms with van der Waals surface area (Å²) in [6.07, 6.45) is 6.32. The zero-order valence-electron chi connectivity index (χ0n) is 24.3. The summed E-state index contributed by atoms with van der Waals surface area (Å²) in [6, 6.07) is 2.21. The van der Waals surface area contributed by atoms with Gasteiger partial charge >= 0.3 is 6.01 Å². The summed E-state index contributed by atoms with van der Waals surface area (Å²) in [5, 5.41) is 22.7. The van der Waals surface area contributed by atoms with E-state index in [0.717, 1.165) is 38.6 Å². The van der Waals surface area contributed by atoms with Gasteiger partial charge in [0.1, 0.15) is 22.4 Å². The molecule has 0 radical (unpaired) electrons. The molecule has 13 heteroatoms. The van der Waals surface area contributed by atoms with E-state index in [9.17, 15) is 5.11 Å². The Labute approximate surface area is 253 Å². The Kier molecular flexibility index (Phi) is 7.48. The highest BCUT2D eigenvalue weighted by Gasteiger charge is 2.45. The maximum atomic E-state index is 16.9. The van der Waals surface area contributed by atoms with Gasteiger partial charge in [0.15, 0.2) is 5.82 Å². The molecule has 0 spiro atoms. The summed E-state index contributed by atoms with van der Waals surface area (Å²) in [7, 11) is 1.48. The van der Waals surface area contributed by atoms with Crippen molar-refractivity contribution >= 4 is 39.2 Å². The Hall–Kier alpha value is -3.32. The van der Waals surface area contributed by atoms with Gasteiger partial charge in [-0.25, -0.2) is 9.37 Å². The Bertz CT molecular complexity index is 1690. The number of ether oxygens (including phenoxy) is 3. The second-order valence-corrected chi connectivity index (χ2v) is 12.3. The number of anilines is 1. The quantitative estimate of drug-likeness (QED) is 0.292. The lowest BCUT2D eigenvalue weighted by Crippen LogP contribution is -2.49. The Morgan fingerprint density at radius 2 is 2.12 bits per heavy atom. The van der Waals surface area contributed by atoms with E-state index < -0.39 is 11.9 Å². The van der Waals surface area contributed by atoms with Crippen molar-refractivity contribution in [3.8, 4) is 23.1 Å². The van der Waals surface area contributed by atoms with Crippen molar-refractivity contribution in [2.75, 3.05) is 51.5 Å². The maximum Gasteiger partial charge on any atom is 0.319 e. The van der Waals surface area contributed by atoms with Crippen molar-refractivity contribution in [3.05, 3.63) is 28.7 Å². The first-order valence-corrected chi connectivity index (χ1v) is 15.2. The molecule has 43 heavy (non-hydrogen) atoms. The smallest absolute Gasteiger partial charge is 0.319 e. The van der Waals surface area contributed by atoms with Gasteiger partial charge in [-0.3, -0.25) is 5.10 Å². The SMILES string of the molecule is COc1nc(-c2c(C)c(Cl)cc3[nH]ncc23)c(F)c2nc(OCC34CCCNC3CCC4)nc(N3CCOCC(O)C3)c12. The lowest BCUT2D eigenvalue weighted by atomic mass is 9.76. The minimum atomic E-state index is -0.755. The van der Waals surface area contributed by atoms with E-state index >= 15 is 4.39 Å². The zero-order valence-corrected chi connectivity index (χ0v) is 25.0. The Balaban J connectivity index is 1.41. The van der Waals surface area contributed by atoms with Crippen LogP contribution in [0.5, 0.6) is 11.9 Å². The average molecular weight is 612 g/mol. The molecule has 5 heterocycles. The lowest BCUT2D eigenvalue weighted by molar-refractivity contribution is 0.0597. The van der Waals surface area contributed by atoms with Gasteiger partial charge in [-0.2, -0.15) is 15.1 Å². The molecule has 4 aromatic rings. The predicted molar refractivity (Wildman–Crippen MR) is 161 cm³/mol.